The predicted molar refractivity (Wildman–Crippen MR) is 76.8 cm³/mol. The molecule has 0 aromatic carbocycles. The molecule has 7 heteroatoms. The van der Waals surface area contributed by atoms with Crippen LogP contribution < -0.4 is 15.4 Å². The zero-order valence-electron chi connectivity index (χ0n) is 12.4. The molecular formula is C13H23N5O2. The summed E-state index contributed by atoms with van der Waals surface area (Å²) in [5.41, 5.74) is 5.71. The van der Waals surface area contributed by atoms with E-state index >= 15 is 0 Å². The molecule has 1 saturated heterocycles. The largest absolute Gasteiger partial charge is 0.461 e. The standard InChI is InChI=1S/C13H23N5O2/c1-9(2)20-13-16-11(14)15-12(17-13)18(3)7-10-5-4-6-19-8-10/h9-10H,4-8H2,1-3H3,(H2,14,15,16,17). The van der Waals surface area contributed by atoms with Gasteiger partial charge >= 0.3 is 6.01 Å². The Balaban J connectivity index is 2.04. The zero-order chi connectivity index (χ0) is 14.5. The van der Waals surface area contributed by atoms with Gasteiger partial charge in [-0.3, -0.25) is 0 Å². The number of nitrogens with zero attached hydrogens (tertiary/aromatic N) is 4. The Bertz CT molecular complexity index is 435. The van der Waals surface area contributed by atoms with Crippen LogP contribution in [0.5, 0.6) is 6.01 Å². The van der Waals surface area contributed by atoms with Crippen molar-refractivity contribution in [1.82, 2.24) is 15.0 Å². The van der Waals surface area contributed by atoms with Crippen LogP contribution in [0.2, 0.25) is 0 Å². The molecule has 7 nitrogen and oxygen atoms in total. The van der Waals surface area contributed by atoms with Crippen LogP contribution in [0.1, 0.15) is 26.7 Å². The molecule has 1 atom stereocenters. The van der Waals surface area contributed by atoms with E-state index in [0.29, 0.717) is 11.9 Å². The Labute approximate surface area is 119 Å². The number of hydrogen-bond acceptors (Lipinski definition) is 7. The molecule has 1 aromatic rings. The lowest BCUT2D eigenvalue weighted by atomic mass is 10.0. The van der Waals surface area contributed by atoms with Crippen molar-refractivity contribution in [2.45, 2.75) is 32.8 Å². The van der Waals surface area contributed by atoms with Crippen LogP contribution in [0.4, 0.5) is 11.9 Å². The number of nitrogen functional groups attached to an aromatic ring is 1. The predicted octanol–water partition coefficient (Wildman–Crippen LogP) is 1.10. The monoisotopic (exact) mass is 281 g/mol. The fourth-order valence-corrected chi connectivity index (χ4v) is 2.22. The van der Waals surface area contributed by atoms with Gasteiger partial charge in [-0.05, 0) is 32.6 Å². The van der Waals surface area contributed by atoms with E-state index in [1.54, 1.807) is 0 Å². The van der Waals surface area contributed by atoms with E-state index in [2.05, 4.69) is 15.0 Å². The normalized spacial score (nSPS) is 19.1. The third kappa shape index (κ3) is 4.19. The maximum Gasteiger partial charge on any atom is 0.323 e. The number of hydrogen-bond donors (Lipinski definition) is 1. The third-order valence-corrected chi connectivity index (χ3v) is 3.09. The molecule has 1 aliphatic rings. The highest BCUT2D eigenvalue weighted by atomic mass is 16.5. The lowest BCUT2D eigenvalue weighted by Crippen LogP contribution is -2.32. The van der Waals surface area contributed by atoms with Gasteiger partial charge in [-0.2, -0.15) is 15.0 Å². The van der Waals surface area contributed by atoms with Crippen LogP contribution in [0.3, 0.4) is 0 Å². The number of rotatable bonds is 5. The van der Waals surface area contributed by atoms with Crippen molar-refractivity contribution in [3.05, 3.63) is 0 Å². The SMILES string of the molecule is CC(C)Oc1nc(N)nc(N(C)CC2CCCOC2)n1. The summed E-state index contributed by atoms with van der Waals surface area (Å²) in [6.45, 7) is 6.33. The summed E-state index contributed by atoms with van der Waals surface area (Å²) in [7, 11) is 1.95. The molecule has 2 rings (SSSR count). The summed E-state index contributed by atoms with van der Waals surface area (Å²) in [5, 5.41) is 0. The number of ether oxygens (including phenoxy) is 2. The van der Waals surface area contributed by atoms with Gasteiger partial charge in [0.25, 0.3) is 0 Å². The third-order valence-electron chi connectivity index (χ3n) is 3.09. The Morgan fingerprint density at radius 2 is 2.20 bits per heavy atom. The summed E-state index contributed by atoms with van der Waals surface area (Å²) in [5.74, 6) is 1.22. The highest BCUT2D eigenvalue weighted by Crippen LogP contribution is 2.18. The fourth-order valence-electron chi connectivity index (χ4n) is 2.22. The van der Waals surface area contributed by atoms with Crippen LogP contribution in [0.15, 0.2) is 0 Å². The Hall–Kier alpha value is -1.63. The first-order chi connectivity index (χ1) is 9.54. The Morgan fingerprint density at radius 1 is 1.40 bits per heavy atom. The van der Waals surface area contributed by atoms with Gasteiger partial charge in [-0.1, -0.05) is 0 Å². The summed E-state index contributed by atoms with van der Waals surface area (Å²) >= 11 is 0. The van der Waals surface area contributed by atoms with E-state index in [-0.39, 0.29) is 18.1 Å². The van der Waals surface area contributed by atoms with E-state index in [4.69, 9.17) is 15.2 Å². The quantitative estimate of drug-likeness (QED) is 0.864. The molecule has 0 bridgehead atoms. The Morgan fingerprint density at radius 3 is 2.85 bits per heavy atom. The van der Waals surface area contributed by atoms with Crippen molar-refractivity contribution in [1.29, 1.82) is 0 Å². The van der Waals surface area contributed by atoms with Crippen molar-refractivity contribution < 1.29 is 9.47 Å². The summed E-state index contributed by atoms with van der Waals surface area (Å²) in [6, 6.07) is 0.272. The molecule has 0 saturated carbocycles. The van der Waals surface area contributed by atoms with Gasteiger partial charge < -0.3 is 20.1 Å². The van der Waals surface area contributed by atoms with Gasteiger partial charge in [-0.15, -0.1) is 0 Å². The van der Waals surface area contributed by atoms with Crippen molar-refractivity contribution in [2.24, 2.45) is 5.92 Å². The topological polar surface area (TPSA) is 86.4 Å². The van der Waals surface area contributed by atoms with Gasteiger partial charge in [-0.25, -0.2) is 0 Å². The molecule has 0 amide bonds. The first-order valence-corrected chi connectivity index (χ1v) is 7.01. The summed E-state index contributed by atoms with van der Waals surface area (Å²) in [4.78, 5) is 14.4. The zero-order valence-corrected chi connectivity index (χ0v) is 12.4. The molecule has 1 fully saturated rings. The van der Waals surface area contributed by atoms with E-state index in [1.165, 1.54) is 6.42 Å². The molecule has 0 spiro atoms. The molecule has 0 aliphatic carbocycles. The van der Waals surface area contributed by atoms with Crippen LogP contribution >= 0.6 is 0 Å². The second-order valence-electron chi connectivity index (χ2n) is 5.41. The number of aromatic nitrogens is 3. The van der Waals surface area contributed by atoms with Gasteiger partial charge in [0.2, 0.25) is 11.9 Å². The maximum atomic E-state index is 5.71. The Kier molecular flexibility index (Phi) is 4.94. The molecule has 112 valence electrons. The smallest absolute Gasteiger partial charge is 0.323 e. The van der Waals surface area contributed by atoms with Gasteiger partial charge in [0, 0.05) is 20.2 Å². The van der Waals surface area contributed by atoms with Crippen molar-refractivity contribution in [3.63, 3.8) is 0 Å². The highest BCUT2D eigenvalue weighted by Gasteiger charge is 2.18. The summed E-state index contributed by atoms with van der Waals surface area (Å²) < 4.78 is 11.0. The van der Waals surface area contributed by atoms with Crippen LogP contribution in [-0.4, -0.2) is 47.9 Å². The second kappa shape index (κ2) is 6.69. The van der Waals surface area contributed by atoms with Gasteiger partial charge in [0.1, 0.15) is 0 Å². The van der Waals surface area contributed by atoms with Crippen LogP contribution in [0.25, 0.3) is 0 Å². The van der Waals surface area contributed by atoms with Gasteiger partial charge in [0.15, 0.2) is 0 Å². The lowest BCUT2D eigenvalue weighted by Gasteiger charge is -2.27. The second-order valence-corrected chi connectivity index (χ2v) is 5.41. The number of anilines is 2. The lowest BCUT2D eigenvalue weighted by molar-refractivity contribution is 0.0575. The minimum absolute atomic E-state index is 0.00157. The minimum Gasteiger partial charge on any atom is -0.461 e. The molecule has 2 heterocycles. The average Bonchev–Trinajstić information content (AvgIpc) is 2.38. The molecule has 0 radical (unpaired) electrons. The molecule has 1 aliphatic heterocycles. The first kappa shape index (κ1) is 14.8. The van der Waals surface area contributed by atoms with Crippen LogP contribution in [0, 0.1) is 5.92 Å². The average molecular weight is 281 g/mol. The van der Waals surface area contributed by atoms with Crippen LogP contribution in [-0.2, 0) is 4.74 Å². The summed E-state index contributed by atoms with van der Waals surface area (Å²) in [6.07, 6.45) is 2.28. The van der Waals surface area contributed by atoms with E-state index in [1.807, 2.05) is 25.8 Å². The van der Waals surface area contributed by atoms with Gasteiger partial charge in [0.05, 0.1) is 12.7 Å². The molecule has 2 N–H and O–H groups in total. The molecule has 1 unspecified atom stereocenters. The number of nitrogens with two attached hydrogens (primary N) is 1. The van der Waals surface area contributed by atoms with E-state index in [0.717, 1.165) is 26.2 Å². The molecule has 1 aromatic heterocycles. The van der Waals surface area contributed by atoms with Crippen molar-refractivity contribution in [2.75, 3.05) is 37.4 Å². The molecular weight excluding hydrogens is 258 g/mol. The van der Waals surface area contributed by atoms with E-state index < -0.39 is 0 Å². The maximum absolute atomic E-state index is 5.71. The van der Waals surface area contributed by atoms with Crippen molar-refractivity contribution >= 4 is 11.9 Å². The van der Waals surface area contributed by atoms with Crippen molar-refractivity contribution in [3.8, 4) is 6.01 Å². The molecule has 20 heavy (non-hydrogen) atoms. The first-order valence-electron chi connectivity index (χ1n) is 7.01. The highest BCUT2D eigenvalue weighted by molar-refractivity contribution is 5.35. The van der Waals surface area contributed by atoms with E-state index in [9.17, 15) is 0 Å². The fraction of sp³-hybridized carbons (Fsp3) is 0.769. The minimum atomic E-state index is 0.00157.